The van der Waals surface area contributed by atoms with Crippen LogP contribution in [-0.4, -0.2) is 11.9 Å². The number of oxime groups is 1. The first kappa shape index (κ1) is 10.5. The average Bonchev–Trinajstić information content (AvgIpc) is 2.15. The number of nitrogens with two attached hydrogens (primary N) is 1. The van der Waals surface area contributed by atoms with E-state index in [1.807, 2.05) is 13.8 Å². The van der Waals surface area contributed by atoms with E-state index in [0.717, 1.165) is 0 Å². The number of hydrogen-bond donors (Lipinski definition) is 1. The smallest absolute Gasteiger partial charge is 0.173 e. The number of rotatable bonds is 3. The van der Waals surface area contributed by atoms with Gasteiger partial charge in [0.2, 0.25) is 0 Å². The monoisotopic (exact) mass is 196 g/mol. The lowest BCUT2D eigenvalue weighted by Crippen LogP contribution is -2.16. The molecule has 2 N–H and O–H groups in total. The normalized spacial score (nSPS) is 11.9. The number of amidine groups is 1. The highest BCUT2D eigenvalue weighted by molar-refractivity contribution is 5.97. The fraction of sp³-hybridized carbons (Fsp3) is 0.300. The molecule has 76 valence electrons. The van der Waals surface area contributed by atoms with Gasteiger partial charge in [0.25, 0.3) is 0 Å². The van der Waals surface area contributed by atoms with Crippen LogP contribution in [0.4, 0.5) is 4.39 Å². The van der Waals surface area contributed by atoms with E-state index in [2.05, 4.69) is 5.16 Å². The van der Waals surface area contributed by atoms with Crippen molar-refractivity contribution in [3.63, 3.8) is 0 Å². The van der Waals surface area contributed by atoms with Crippen LogP contribution in [0.15, 0.2) is 29.4 Å². The molecule has 0 aliphatic carbocycles. The highest BCUT2D eigenvalue weighted by Gasteiger charge is 2.05. The van der Waals surface area contributed by atoms with Crippen molar-refractivity contribution in [2.24, 2.45) is 10.9 Å². The molecule has 0 fully saturated rings. The highest BCUT2D eigenvalue weighted by atomic mass is 19.1. The van der Waals surface area contributed by atoms with Gasteiger partial charge < -0.3 is 10.6 Å². The SMILES string of the molecule is CC(C)O/N=C(\N)c1ccccc1F. The molecule has 3 nitrogen and oxygen atoms in total. The Morgan fingerprint density at radius 3 is 2.64 bits per heavy atom. The van der Waals surface area contributed by atoms with Crippen molar-refractivity contribution in [2.45, 2.75) is 20.0 Å². The fourth-order valence-corrected chi connectivity index (χ4v) is 0.880. The molecule has 1 aromatic carbocycles. The van der Waals surface area contributed by atoms with Crippen LogP contribution >= 0.6 is 0 Å². The third kappa shape index (κ3) is 2.73. The van der Waals surface area contributed by atoms with Gasteiger partial charge in [0, 0.05) is 0 Å². The minimum absolute atomic E-state index is 0.0526. The van der Waals surface area contributed by atoms with Gasteiger partial charge in [-0.25, -0.2) is 4.39 Å². The lowest BCUT2D eigenvalue weighted by atomic mass is 10.2. The predicted molar refractivity (Wildman–Crippen MR) is 53.3 cm³/mol. The second-order valence-electron chi connectivity index (χ2n) is 3.11. The number of nitrogens with zero attached hydrogens (tertiary/aromatic N) is 1. The molecule has 0 aromatic heterocycles. The lowest BCUT2D eigenvalue weighted by molar-refractivity contribution is 0.0858. The standard InChI is InChI=1S/C10H13FN2O/c1-7(2)14-13-10(12)8-5-3-4-6-9(8)11/h3-7H,1-2H3,(H2,12,13). The first-order valence-corrected chi connectivity index (χ1v) is 4.35. The molecule has 0 aliphatic rings. The van der Waals surface area contributed by atoms with Crippen LogP contribution in [0, 0.1) is 5.82 Å². The van der Waals surface area contributed by atoms with E-state index >= 15 is 0 Å². The zero-order valence-electron chi connectivity index (χ0n) is 8.20. The van der Waals surface area contributed by atoms with Gasteiger partial charge >= 0.3 is 0 Å². The summed E-state index contributed by atoms with van der Waals surface area (Å²) >= 11 is 0. The molecule has 0 bridgehead atoms. The Morgan fingerprint density at radius 2 is 2.07 bits per heavy atom. The van der Waals surface area contributed by atoms with Crippen molar-refractivity contribution in [2.75, 3.05) is 0 Å². The molecule has 14 heavy (non-hydrogen) atoms. The maximum Gasteiger partial charge on any atom is 0.173 e. The van der Waals surface area contributed by atoms with Crippen molar-refractivity contribution in [1.82, 2.24) is 0 Å². The number of hydrogen-bond acceptors (Lipinski definition) is 2. The molecule has 4 heteroatoms. The largest absolute Gasteiger partial charge is 0.391 e. The van der Waals surface area contributed by atoms with E-state index in [0.29, 0.717) is 0 Å². The van der Waals surface area contributed by atoms with E-state index in [-0.39, 0.29) is 17.5 Å². The molecule has 0 heterocycles. The minimum atomic E-state index is -0.402. The summed E-state index contributed by atoms with van der Waals surface area (Å²) in [7, 11) is 0. The molecule has 0 radical (unpaired) electrons. The van der Waals surface area contributed by atoms with Crippen molar-refractivity contribution in [3.8, 4) is 0 Å². The van der Waals surface area contributed by atoms with Crippen LogP contribution in [-0.2, 0) is 4.84 Å². The van der Waals surface area contributed by atoms with Crippen LogP contribution in [0.5, 0.6) is 0 Å². The molecule has 1 rings (SSSR count). The van der Waals surface area contributed by atoms with E-state index < -0.39 is 5.82 Å². The van der Waals surface area contributed by atoms with Gasteiger partial charge in [0.1, 0.15) is 11.9 Å². The molecule has 0 aliphatic heterocycles. The summed E-state index contributed by atoms with van der Waals surface area (Å²) < 4.78 is 13.1. The summed E-state index contributed by atoms with van der Waals surface area (Å²) in [5.41, 5.74) is 5.79. The fourth-order valence-electron chi connectivity index (χ4n) is 0.880. The zero-order chi connectivity index (χ0) is 10.6. The number of halogens is 1. The maximum atomic E-state index is 13.1. The molecule has 0 amide bonds. The quantitative estimate of drug-likeness (QED) is 0.455. The topological polar surface area (TPSA) is 47.6 Å². The Balaban J connectivity index is 2.84. The van der Waals surface area contributed by atoms with Gasteiger partial charge in [-0.2, -0.15) is 0 Å². The molecule has 0 atom stereocenters. The first-order valence-electron chi connectivity index (χ1n) is 4.35. The van der Waals surface area contributed by atoms with Crippen LogP contribution < -0.4 is 5.73 Å². The second kappa shape index (κ2) is 4.60. The Labute approximate surface area is 82.4 Å². The lowest BCUT2D eigenvalue weighted by Gasteiger charge is -2.04. The summed E-state index contributed by atoms with van der Waals surface area (Å²) in [5, 5.41) is 3.61. The Hall–Kier alpha value is -1.58. The van der Waals surface area contributed by atoms with E-state index in [9.17, 15) is 4.39 Å². The third-order valence-electron chi connectivity index (χ3n) is 1.51. The predicted octanol–water partition coefficient (Wildman–Crippen LogP) is 1.87. The average molecular weight is 196 g/mol. The maximum absolute atomic E-state index is 13.1. The van der Waals surface area contributed by atoms with Crippen LogP contribution in [0.1, 0.15) is 19.4 Å². The summed E-state index contributed by atoms with van der Waals surface area (Å²) in [6.07, 6.45) is -0.0691. The van der Waals surface area contributed by atoms with Crippen molar-refractivity contribution < 1.29 is 9.23 Å². The second-order valence-corrected chi connectivity index (χ2v) is 3.11. The van der Waals surface area contributed by atoms with Crippen molar-refractivity contribution >= 4 is 5.84 Å². The molecule has 1 aromatic rings. The van der Waals surface area contributed by atoms with E-state index in [1.165, 1.54) is 6.07 Å². The summed E-state index contributed by atoms with van der Waals surface area (Å²) in [5.74, 6) is -0.349. The zero-order valence-corrected chi connectivity index (χ0v) is 8.20. The molecular formula is C10H13FN2O. The first-order chi connectivity index (χ1) is 6.61. The van der Waals surface area contributed by atoms with Gasteiger partial charge in [-0.1, -0.05) is 17.3 Å². The Morgan fingerprint density at radius 1 is 1.43 bits per heavy atom. The van der Waals surface area contributed by atoms with Crippen molar-refractivity contribution in [3.05, 3.63) is 35.6 Å². The molecule has 0 saturated carbocycles. The van der Waals surface area contributed by atoms with Gasteiger partial charge in [0.15, 0.2) is 5.84 Å². The van der Waals surface area contributed by atoms with Crippen LogP contribution in [0.3, 0.4) is 0 Å². The van der Waals surface area contributed by atoms with Gasteiger partial charge in [-0.15, -0.1) is 0 Å². The Kier molecular flexibility index (Phi) is 3.45. The van der Waals surface area contributed by atoms with Gasteiger partial charge in [-0.05, 0) is 26.0 Å². The molecule has 0 unspecified atom stereocenters. The van der Waals surface area contributed by atoms with Crippen LogP contribution in [0.2, 0.25) is 0 Å². The van der Waals surface area contributed by atoms with Crippen molar-refractivity contribution in [1.29, 1.82) is 0 Å². The minimum Gasteiger partial charge on any atom is -0.391 e. The molecular weight excluding hydrogens is 183 g/mol. The number of benzene rings is 1. The summed E-state index contributed by atoms with van der Waals surface area (Å²) in [4.78, 5) is 4.91. The van der Waals surface area contributed by atoms with E-state index in [1.54, 1.807) is 18.2 Å². The Bertz CT molecular complexity index is 337. The van der Waals surface area contributed by atoms with E-state index in [4.69, 9.17) is 10.6 Å². The van der Waals surface area contributed by atoms with Gasteiger partial charge in [0.05, 0.1) is 5.56 Å². The molecule has 0 spiro atoms. The van der Waals surface area contributed by atoms with Gasteiger partial charge in [-0.3, -0.25) is 0 Å². The summed E-state index contributed by atoms with van der Waals surface area (Å²) in [6.45, 7) is 3.64. The van der Waals surface area contributed by atoms with Crippen LogP contribution in [0.25, 0.3) is 0 Å². The molecule has 0 saturated heterocycles. The highest BCUT2D eigenvalue weighted by Crippen LogP contribution is 2.05. The third-order valence-corrected chi connectivity index (χ3v) is 1.51. The summed E-state index contributed by atoms with van der Waals surface area (Å²) in [6, 6.07) is 6.16.